The minimum Gasteiger partial charge on any atom is -0.477 e. The topological polar surface area (TPSA) is 41.6 Å². The lowest BCUT2D eigenvalue weighted by atomic mass is 9.94. The van der Waals surface area contributed by atoms with Gasteiger partial charge in [-0.05, 0) is 62.2 Å². The zero-order chi connectivity index (χ0) is 19.6. The monoisotopic (exact) mass is 406 g/mol. The molecule has 0 saturated carbocycles. The molecule has 1 aliphatic rings. The molecule has 0 aliphatic carbocycles. The van der Waals surface area contributed by atoms with E-state index in [-0.39, 0.29) is 11.9 Å². The molecule has 0 aromatic heterocycles. The van der Waals surface area contributed by atoms with Crippen LogP contribution in [0.25, 0.3) is 0 Å². The fourth-order valence-electron chi connectivity index (χ4n) is 3.27. The van der Waals surface area contributed by atoms with Crippen molar-refractivity contribution in [2.24, 2.45) is 0 Å². The molecule has 1 heterocycles. The highest BCUT2D eigenvalue weighted by molar-refractivity contribution is 6.35. The van der Waals surface area contributed by atoms with Crippen LogP contribution in [-0.4, -0.2) is 31.1 Å². The van der Waals surface area contributed by atoms with Gasteiger partial charge in [-0.2, -0.15) is 0 Å². The van der Waals surface area contributed by atoms with Crippen LogP contribution in [0.5, 0.6) is 5.75 Å². The summed E-state index contributed by atoms with van der Waals surface area (Å²) < 4.78 is 5.99. The number of hydrogen-bond acceptors (Lipinski definition) is 3. The molecule has 144 valence electrons. The van der Waals surface area contributed by atoms with E-state index in [9.17, 15) is 4.79 Å². The maximum absolute atomic E-state index is 13.0. The van der Waals surface area contributed by atoms with Gasteiger partial charge in [0.25, 0.3) is 5.91 Å². The third kappa shape index (κ3) is 4.08. The molecule has 3 rings (SSSR count). The summed E-state index contributed by atoms with van der Waals surface area (Å²) in [7, 11) is 0. The maximum atomic E-state index is 13.0. The average molecular weight is 407 g/mol. The van der Waals surface area contributed by atoms with Gasteiger partial charge in [-0.25, -0.2) is 0 Å². The molecule has 0 unspecified atom stereocenters. The van der Waals surface area contributed by atoms with Gasteiger partial charge in [-0.3, -0.25) is 4.79 Å². The first-order valence-electron chi connectivity index (χ1n) is 9.15. The van der Waals surface area contributed by atoms with E-state index in [4.69, 9.17) is 27.9 Å². The fourth-order valence-corrected chi connectivity index (χ4v) is 3.73. The molecule has 1 fully saturated rings. The molecule has 0 spiro atoms. The van der Waals surface area contributed by atoms with Crippen LogP contribution >= 0.6 is 23.2 Å². The number of ether oxygens (including phenoxy) is 1. The van der Waals surface area contributed by atoms with Crippen LogP contribution in [-0.2, 0) is 4.79 Å². The lowest BCUT2D eigenvalue weighted by Gasteiger charge is -2.47. The molecule has 1 aliphatic heterocycles. The van der Waals surface area contributed by atoms with E-state index in [2.05, 4.69) is 25.2 Å². The van der Waals surface area contributed by atoms with Crippen molar-refractivity contribution in [3.63, 3.8) is 0 Å². The van der Waals surface area contributed by atoms with Gasteiger partial charge in [0.05, 0.1) is 11.1 Å². The van der Waals surface area contributed by atoms with E-state index in [0.29, 0.717) is 22.3 Å². The summed E-state index contributed by atoms with van der Waals surface area (Å²) in [6.07, 6.45) is 0.450. The molecular weight excluding hydrogens is 383 g/mol. The van der Waals surface area contributed by atoms with Gasteiger partial charge in [-0.1, -0.05) is 42.3 Å². The number of hydrogen-bond donors (Lipinski definition) is 1. The van der Waals surface area contributed by atoms with Crippen molar-refractivity contribution in [3.05, 3.63) is 57.6 Å². The molecule has 2 aromatic carbocycles. The number of amides is 1. The number of aryl methyl sites for hydroxylation is 1. The second kappa shape index (κ2) is 8.51. The van der Waals surface area contributed by atoms with Gasteiger partial charge < -0.3 is 15.0 Å². The molecule has 27 heavy (non-hydrogen) atoms. The number of nitrogens with one attached hydrogen (secondary N) is 1. The van der Waals surface area contributed by atoms with Gasteiger partial charge >= 0.3 is 0 Å². The van der Waals surface area contributed by atoms with Crippen LogP contribution in [0.2, 0.25) is 10.0 Å². The van der Waals surface area contributed by atoms with E-state index in [1.54, 1.807) is 18.2 Å². The number of carbonyl (C=O) groups excluding carboxylic acids is 1. The van der Waals surface area contributed by atoms with Crippen LogP contribution in [0.3, 0.4) is 0 Å². The lowest BCUT2D eigenvalue weighted by Crippen LogP contribution is -2.70. The summed E-state index contributed by atoms with van der Waals surface area (Å²) in [5.74, 6) is 0.415. The largest absolute Gasteiger partial charge is 0.477 e. The number of halogens is 2. The van der Waals surface area contributed by atoms with Crippen molar-refractivity contribution >= 4 is 34.8 Å². The highest BCUT2D eigenvalue weighted by atomic mass is 35.5. The highest BCUT2D eigenvalue weighted by Crippen LogP contribution is 2.36. The SMILES string of the molecule is CCCNC[C@H]1[C@H](Oc2ccc(Cl)cc2Cl)C(=O)N1c1cccc(C)c1C. The quantitative estimate of drug-likeness (QED) is 0.531. The van der Waals surface area contributed by atoms with E-state index < -0.39 is 6.10 Å². The first-order valence-corrected chi connectivity index (χ1v) is 9.91. The highest BCUT2D eigenvalue weighted by Gasteiger charge is 2.50. The van der Waals surface area contributed by atoms with Crippen LogP contribution in [0.4, 0.5) is 5.69 Å². The third-order valence-corrected chi connectivity index (χ3v) is 5.46. The zero-order valence-electron chi connectivity index (χ0n) is 15.8. The molecular formula is C21H24Cl2N2O2. The van der Waals surface area contributed by atoms with Gasteiger partial charge in [0.2, 0.25) is 0 Å². The normalized spacial score (nSPS) is 19.1. The Morgan fingerprint density at radius 3 is 2.67 bits per heavy atom. The number of anilines is 1. The Hall–Kier alpha value is -1.75. The second-order valence-corrected chi connectivity index (χ2v) is 7.66. The van der Waals surface area contributed by atoms with Crippen LogP contribution in [0.15, 0.2) is 36.4 Å². The van der Waals surface area contributed by atoms with Gasteiger partial charge in [0.15, 0.2) is 6.10 Å². The summed E-state index contributed by atoms with van der Waals surface area (Å²) in [5, 5.41) is 4.34. The zero-order valence-corrected chi connectivity index (χ0v) is 17.3. The smallest absolute Gasteiger partial charge is 0.270 e. The molecule has 4 nitrogen and oxygen atoms in total. The number of nitrogens with zero attached hydrogens (tertiary/aromatic N) is 1. The van der Waals surface area contributed by atoms with E-state index in [1.807, 2.05) is 24.0 Å². The molecule has 1 N–H and O–H groups in total. The average Bonchev–Trinajstić information content (AvgIpc) is 2.63. The summed E-state index contributed by atoms with van der Waals surface area (Å²) >= 11 is 12.2. The van der Waals surface area contributed by atoms with Crippen molar-refractivity contribution in [2.75, 3.05) is 18.0 Å². The van der Waals surface area contributed by atoms with Crippen LogP contribution in [0.1, 0.15) is 24.5 Å². The van der Waals surface area contributed by atoms with E-state index >= 15 is 0 Å². The van der Waals surface area contributed by atoms with Crippen molar-refractivity contribution in [1.29, 1.82) is 0 Å². The first-order chi connectivity index (χ1) is 12.9. The predicted octanol–water partition coefficient (Wildman–Crippen LogP) is 4.77. The molecule has 2 aromatic rings. The summed E-state index contributed by atoms with van der Waals surface area (Å²) in [4.78, 5) is 14.8. The van der Waals surface area contributed by atoms with Gasteiger partial charge in [0, 0.05) is 17.3 Å². The molecule has 0 bridgehead atoms. The minimum absolute atomic E-state index is 0.0574. The number of β-lactam (4-membered cyclic amide) rings is 1. The van der Waals surface area contributed by atoms with Gasteiger partial charge in [0.1, 0.15) is 5.75 Å². The Bertz CT molecular complexity index is 841. The van der Waals surface area contributed by atoms with E-state index in [1.165, 1.54) is 0 Å². The lowest BCUT2D eigenvalue weighted by molar-refractivity contribution is -0.134. The Labute approximate surface area is 170 Å². The van der Waals surface area contributed by atoms with E-state index in [0.717, 1.165) is 29.8 Å². The minimum atomic E-state index is -0.576. The molecule has 0 radical (unpaired) electrons. The van der Waals surface area contributed by atoms with Crippen molar-refractivity contribution < 1.29 is 9.53 Å². The number of benzene rings is 2. The summed E-state index contributed by atoms with van der Waals surface area (Å²) in [6.45, 7) is 7.75. The summed E-state index contributed by atoms with van der Waals surface area (Å²) in [5.41, 5.74) is 3.20. The molecule has 1 saturated heterocycles. The Kier molecular flexibility index (Phi) is 6.30. The third-order valence-electron chi connectivity index (χ3n) is 4.93. The summed E-state index contributed by atoms with van der Waals surface area (Å²) in [6, 6.07) is 10.9. The maximum Gasteiger partial charge on any atom is 0.270 e. The standard InChI is InChI=1S/C21H24Cl2N2O2/c1-4-10-24-12-18-20(27-19-9-8-15(22)11-16(19)23)21(26)25(18)17-7-5-6-13(2)14(17)3/h5-9,11,18,20,24H,4,10,12H2,1-3H3/t18-,20-/m0/s1. The molecule has 1 amide bonds. The van der Waals surface area contributed by atoms with Gasteiger partial charge in [-0.15, -0.1) is 0 Å². The Balaban J connectivity index is 1.85. The van der Waals surface area contributed by atoms with Crippen LogP contribution < -0.4 is 15.0 Å². The number of rotatable bonds is 7. The number of carbonyl (C=O) groups is 1. The van der Waals surface area contributed by atoms with Crippen molar-refractivity contribution in [2.45, 2.75) is 39.3 Å². The van der Waals surface area contributed by atoms with Crippen molar-refractivity contribution in [3.8, 4) is 5.75 Å². The predicted molar refractivity (Wildman–Crippen MR) is 111 cm³/mol. The molecule has 2 atom stereocenters. The van der Waals surface area contributed by atoms with Crippen LogP contribution in [0, 0.1) is 13.8 Å². The Morgan fingerprint density at radius 1 is 1.19 bits per heavy atom. The van der Waals surface area contributed by atoms with Crippen molar-refractivity contribution in [1.82, 2.24) is 5.32 Å². The Morgan fingerprint density at radius 2 is 1.96 bits per heavy atom. The fraction of sp³-hybridized carbons (Fsp3) is 0.381. The molecule has 6 heteroatoms. The second-order valence-electron chi connectivity index (χ2n) is 6.81. The first kappa shape index (κ1) is 20.0.